The van der Waals surface area contributed by atoms with E-state index in [9.17, 15) is 9.59 Å². The van der Waals surface area contributed by atoms with Gasteiger partial charge in [0.1, 0.15) is 11.5 Å². The molecule has 0 saturated carbocycles. The van der Waals surface area contributed by atoms with Crippen LogP contribution in [-0.2, 0) is 9.53 Å². The molecule has 0 saturated heterocycles. The molecule has 0 spiro atoms. The zero-order chi connectivity index (χ0) is 21.3. The number of nitrogens with one attached hydrogen (secondary N) is 1. The lowest BCUT2D eigenvalue weighted by Crippen LogP contribution is -2.25. The summed E-state index contributed by atoms with van der Waals surface area (Å²) < 4.78 is 16.3. The van der Waals surface area contributed by atoms with Crippen LogP contribution >= 0.6 is 0 Å². The van der Waals surface area contributed by atoms with Gasteiger partial charge in [-0.1, -0.05) is 42.5 Å². The van der Waals surface area contributed by atoms with Gasteiger partial charge < -0.3 is 19.5 Å². The first-order valence-corrected chi connectivity index (χ1v) is 9.54. The van der Waals surface area contributed by atoms with Gasteiger partial charge in [0.2, 0.25) is 6.10 Å². The zero-order valence-corrected chi connectivity index (χ0v) is 16.8. The fourth-order valence-electron chi connectivity index (χ4n) is 2.86. The first kappa shape index (κ1) is 20.9. The Labute approximate surface area is 175 Å². The van der Waals surface area contributed by atoms with Crippen LogP contribution in [0.5, 0.6) is 11.5 Å². The summed E-state index contributed by atoms with van der Waals surface area (Å²) in [6.07, 6.45) is -0.921. The van der Waals surface area contributed by atoms with Gasteiger partial charge in [-0.25, -0.2) is 4.79 Å². The van der Waals surface area contributed by atoms with E-state index in [0.717, 1.165) is 0 Å². The lowest BCUT2D eigenvalue weighted by atomic mass is 10.1. The summed E-state index contributed by atoms with van der Waals surface area (Å²) in [7, 11) is 1.56. The fourth-order valence-corrected chi connectivity index (χ4v) is 2.86. The second kappa shape index (κ2) is 10.1. The molecule has 0 unspecified atom stereocenters. The van der Waals surface area contributed by atoms with Crippen molar-refractivity contribution in [3.8, 4) is 11.5 Å². The number of ether oxygens (including phenoxy) is 3. The molecule has 30 heavy (non-hydrogen) atoms. The van der Waals surface area contributed by atoms with Crippen LogP contribution in [0.25, 0.3) is 0 Å². The Hall–Kier alpha value is -3.80. The highest BCUT2D eigenvalue weighted by atomic mass is 16.5. The molecular weight excluding hydrogens is 382 g/mol. The maximum Gasteiger partial charge on any atom is 0.338 e. The van der Waals surface area contributed by atoms with E-state index in [1.807, 2.05) is 30.3 Å². The van der Waals surface area contributed by atoms with Crippen molar-refractivity contribution in [2.75, 3.05) is 19.0 Å². The largest absolute Gasteiger partial charge is 0.497 e. The van der Waals surface area contributed by atoms with Crippen LogP contribution in [0.2, 0.25) is 0 Å². The quantitative estimate of drug-likeness (QED) is 0.553. The smallest absolute Gasteiger partial charge is 0.338 e. The predicted molar refractivity (Wildman–Crippen MR) is 114 cm³/mol. The van der Waals surface area contributed by atoms with Crippen LogP contribution in [0.4, 0.5) is 5.69 Å². The van der Waals surface area contributed by atoms with Crippen molar-refractivity contribution < 1.29 is 23.8 Å². The van der Waals surface area contributed by atoms with Gasteiger partial charge in [0, 0.05) is 17.3 Å². The molecule has 1 atom stereocenters. The molecule has 154 valence electrons. The number of esters is 1. The Balaban J connectivity index is 1.85. The first-order valence-electron chi connectivity index (χ1n) is 9.54. The van der Waals surface area contributed by atoms with Crippen molar-refractivity contribution >= 4 is 17.6 Å². The second-order valence-electron chi connectivity index (χ2n) is 6.38. The van der Waals surface area contributed by atoms with E-state index in [0.29, 0.717) is 28.3 Å². The first-order chi connectivity index (χ1) is 14.6. The summed E-state index contributed by atoms with van der Waals surface area (Å²) in [6.45, 7) is 2.02. The fraction of sp³-hybridized carbons (Fsp3) is 0.167. The zero-order valence-electron chi connectivity index (χ0n) is 16.8. The monoisotopic (exact) mass is 405 g/mol. The van der Waals surface area contributed by atoms with Gasteiger partial charge in [0.15, 0.2) is 0 Å². The Kier molecular flexibility index (Phi) is 7.05. The van der Waals surface area contributed by atoms with E-state index in [-0.39, 0.29) is 12.5 Å². The Bertz CT molecular complexity index is 1000. The number of benzene rings is 3. The summed E-state index contributed by atoms with van der Waals surface area (Å²) in [5.41, 5.74) is 1.62. The minimum Gasteiger partial charge on any atom is -0.497 e. The van der Waals surface area contributed by atoms with Crippen LogP contribution in [0.3, 0.4) is 0 Å². The maximum atomic E-state index is 13.1. The number of hydrogen-bond acceptors (Lipinski definition) is 5. The molecule has 0 bridgehead atoms. The van der Waals surface area contributed by atoms with Gasteiger partial charge >= 0.3 is 5.97 Å². The third-order valence-electron chi connectivity index (χ3n) is 4.28. The minimum atomic E-state index is -0.921. The highest BCUT2D eigenvalue weighted by molar-refractivity contribution is 5.95. The van der Waals surface area contributed by atoms with Crippen molar-refractivity contribution in [3.63, 3.8) is 0 Å². The molecule has 1 N–H and O–H groups in total. The molecule has 0 aliphatic heterocycles. The molecular formula is C24H23NO5. The molecule has 0 aliphatic rings. The van der Waals surface area contributed by atoms with E-state index in [1.54, 1.807) is 62.6 Å². The molecule has 6 nitrogen and oxygen atoms in total. The van der Waals surface area contributed by atoms with Crippen molar-refractivity contribution in [2.45, 2.75) is 13.0 Å². The standard InChI is InChI=1S/C24H23NO5/c1-3-29-24(27)18-11-7-14-21(15-18)30-22(17-9-5-4-6-10-17)23(26)25-19-12-8-13-20(16-19)28-2/h4-16,22H,3H2,1-2H3,(H,25,26)/t22-/m1/s1. The average Bonchev–Trinajstić information content (AvgIpc) is 2.78. The Morgan fingerprint density at radius 2 is 1.63 bits per heavy atom. The van der Waals surface area contributed by atoms with Gasteiger partial charge in [0.25, 0.3) is 5.91 Å². The summed E-state index contributed by atoms with van der Waals surface area (Å²) in [6, 6.07) is 22.8. The lowest BCUT2D eigenvalue weighted by molar-refractivity contribution is -0.123. The van der Waals surface area contributed by atoms with Crippen molar-refractivity contribution in [2.24, 2.45) is 0 Å². The van der Waals surface area contributed by atoms with Crippen LogP contribution < -0.4 is 14.8 Å². The van der Waals surface area contributed by atoms with Gasteiger partial charge in [0.05, 0.1) is 19.3 Å². The maximum absolute atomic E-state index is 13.1. The molecule has 0 aromatic heterocycles. The van der Waals surface area contributed by atoms with E-state index >= 15 is 0 Å². The lowest BCUT2D eigenvalue weighted by Gasteiger charge is -2.20. The number of methoxy groups -OCH3 is 1. The summed E-state index contributed by atoms with van der Waals surface area (Å²) >= 11 is 0. The van der Waals surface area contributed by atoms with Crippen LogP contribution in [0.1, 0.15) is 28.9 Å². The number of rotatable bonds is 8. The number of carbonyl (C=O) groups excluding carboxylic acids is 2. The number of amides is 1. The highest BCUT2D eigenvalue weighted by Crippen LogP contribution is 2.26. The number of carbonyl (C=O) groups is 2. The molecule has 1 amide bonds. The average molecular weight is 405 g/mol. The van der Waals surface area contributed by atoms with Crippen molar-refractivity contribution in [1.29, 1.82) is 0 Å². The third-order valence-corrected chi connectivity index (χ3v) is 4.28. The van der Waals surface area contributed by atoms with Crippen molar-refractivity contribution in [3.05, 3.63) is 90.0 Å². The Morgan fingerprint density at radius 3 is 2.37 bits per heavy atom. The molecule has 0 aliphatic carbocycles. The molecule has 3 rings (SSSR count). The minimum absolute atomic E-state index is 0.277. The van der Waals surface area contributed by atoms with Gasteiger partial charge in [-0.05, 0) is 37.3 Å². The molecule has 3 aromatic rings. The predicted octanol–water partition coefficient (Wildman–Crippen LogP) is 4.63. The van der Waals surface area contributed by atoms with Crippen molar-refractivity contribution in [1.82, 2.24) is 0 Å². The van der Waals surface area contributed by atoms with E-state index in [2.05, 4.69) is 5.32 Å². The van der Waals surface area contributed by atoms with E-state index in [4.69, 9.17) is 14.2 Å². The van der Waals surface area contributed by atoms with E-state index < -0.39 is 12.1 Å². The Morgan fingerprint density at radius 1 is 0.900 bits per heavy atom. The number of anilines is 1. The molecule has 0 fully saturated rings. The topological polar surface area (TPSA) is 73.9 Å². The summed E-state index contributed by atoms with van der Waals surface area (Å²) in [5, 5.41) is 2.86. The second-order valence-corrected chi connectivity index (χ2v) is 6.38. The third kappa shape index (κ3) is 5.38. The van der Waals surface area contributed by atoms with Crippen LogP contribution in [-0.4, -0.2) is 25.6 Å². The van der Waals surface area contributed by atoms with Crippen LogP contribution in [0.15, 0.2) is 78.9 Å². The van der Waals surface area contributed by atoms with Gasteiger partial charge in [-0.15, -0.1) is 0 Å². The summed E-state index contributed by atoms with van der Waals surface area (Å²) in [5.74, 6) is 0.221. The highest BCUT2D eigenvalue weighted by Gasteiger charge is 2.23. The SMILES string of the molecule is CCOC(=O)c1cccc(O[C@@H](C(=O)Nc2cccc(OC)c2)c2ccccc2)c1. The van der Waals surface area contributed by atoms with Crippen LogP contribution in [0, 0.1) is 0 Å². The molecule has 0 radical (unpaired) electrons. The van der Waals surface area contributed by atoms with Gasteiger partial charge in [-0.3, -0.25) is 4.79 Å². The normalized spacial score (nSPS) is 11.3. The summed E-state index contributed by atoms with van der Waals surface area (Å²) in [4.78, 5) is 25.1. The molecule has 0 heterocycles. The van der Waals surface area contributed by atoms with Gasteiger partial charge in [-0.2, -0.15) is 0 Å². The van der Waals surface area contributed by atoms with E-state index in [1.165, 1.54) is 0 Å². The number of hydrogen-bond donors (Lipinski definition) is 1. The molecule has 6 heteroatoms. The molecule has 3 aromatic carbocycles.